The third kappa shape index (κ3) is 4.71. The van der Waals surface area contributed by atoms with Crippen molar-refractivity contribution in [2.45, 2.75) is 46.5 Å². The van der Waals surface area contributed by atoms with E-state index in [1.54, 1.807) is 0 Å². The van der Waals surface area contributed by atoms with Gasteiger partial charge in [0.2, 0.25) is 0 Å². The molecule has 1 heterocycles. The summed E-state index contributed by atoms with van der Waals surface area (Å²) in [6.07, 6.45) is 5.76. The molecule has 3 heteroatoms. The summed E-state index contributed by atoms with van der Waals surface area (Å²) < 4.78 is 0. The molecule has 1 saturated heterocycles. The van der Waals surface area contributed by atoms with E-state index in [-0.39, 0.29) is 0 Å². The fourth-order valence-electron chi connectivity index (χ4n) is 3.88. The molecule has 20 heavy (non-hydrogen) atoms. The lowest BCUT2D eigenvalue weighted by Gasteiger charge is -2.40. The molecule has 2 aliphatic rings. The average molecular weight is 281 g/mol. The number of rotatable bonds is 7. The maximum atomic E-state index is 3.74. The van der Waals surface area contributed by atoms with Crippen molar-refractivity contribution in [3.63, 3.8) is 0 Å². The van der Waals surface area contributed by atoms with Crippen LogP contribution in [-0.4, -0.2) is 62.2 Å². The first-order chi connectivity index (χ1) is 9.63. The average Bonchev–Trinajstić information content (AvgIpc) is 2.88. The van der Waals surface area contributed by atoms with Gasteiger partial charge in [0.25, 0.3) is 0 Å². The summed E-state index contributed by atoms with van der Waals surface area (Å²) in [6.45, 7) is 16.9. The maximum absolute atomic E-state index is 3.74. The Morgan fingerprint density at radius 1 is 1.00 bits per heavy atom. The van der Waals surface area contributed by atoms with Crippen molar-refractivity contribution in [3.05, 3.63) is 0 Å². The van der Waals surface area contributed by atoms with Crippen LogP contribution < -0.4 is 5.32 Å². The van der Waals surface area contributed by atoms with Crippen molar-refractivity contribution >= 4 is 0 Å². The molecule has 118 valence electrons. The topological polar surface area (TPSA) is 18.5 Å². The minimum atomic E-state index is 0.573. The van der Waals surface area contributed by atoms with Crippen LogP contribution in [0.15, 0.2) is 0 Å². The predicted molar refractivity (Wildman–Crippen MR) is 87.2 cm³/mol. The third-order valence-electron chi connectivity index (χ3n) is 5.19. The molecule has 0 aromatic rings. The Labute approximate surface area is 126 Å². The van der Waals surface area contributed by atoms with E-state index in [9.17, 15) is 0 Å². The largest absolute Gasteiger partial charge is 0.316 e. The first kappa shape index (κ1) is 16.3. The zero-order valence-electron chi connectivity index (χ0n) is 14.0. The Kier molecular flexibility index (Phi) is 6.31. The highest BCUT2D eigenvalue weighted by Crippen LogP contribution is 2.38. The van der Waals surface area contributed by atoms with Crippen molar-refractivity contribution in [2.24, 2.45) is 11.3 Å². The fourth-order valence-corrected chi connectivity index (χ4v) is 3.88. The van der Waals surface area contributed by atoms with Crippen LogP contribution in [0, 0.1) is 11.3 Å². The summed E-state index contributed by atoms with van der Waals surface area (Å²) in [5.74, 6) is 0.765. The zero-order chi connectivity index (χ0) is 14.4. The summed E-state index contributed by atoms with van der Waals surface area (Å²) in [5.41, 5.74) is 0.573. The molecule has 0 atom stereocenters. The van der Waals surface area contributed by atoms with Crippen LogP contribution in [-0.2, 0) is 0 Å². The second-order valence-electron chi connectivity index (χ2n) is 7.44. The van der Waals surface area contributed by atoms with Crippen molar-refractivity contribution in [1.82, 2.24) is 15.1 Å². The molecule has 1 N–H and O–H groups in total. The highest BCUT2D eigenvalue weighted by atomic mass is 15.3. The van der Waals surface area contributed by atoms with Gasteiger partial charge in [-0.15, -0.1) is 0 Å². The van der Waals surface area contributed by atoms with Gasteiger partial charge in [0.1, 0.15) is 0 Å². The van der Waals surface area contributed by atoms with Crippen LogP contribution in [0.1, 0.15) is 46.5 Å². The number of likely N-dealkylation sites (N-methyl/N-ethyl adjacent to an activating group) is 1. The van der Waals surface area contributed by atoms with E-state index in [0.29, 0.717) is 5.41 Å². The molecule has 0 amide bonds. The van der Waals surface area contributed by atoms with Gasteiger partial charge >= 0.3 is 0 Å². The van der Waals surface area contributed by atoms with Gasteiger partial charge in [0.05, 0.1) is 0 Å². The van der Waals surface area contributed by atoms with Gasteiger partial charge in [-0.1, -0.05) is 33.6 Å². The van der Waals surface area contributed by atoms with Crippen molar-refractivity contribution in [3.8, 4) is 0 Å². The number of hydrogen-bond donors (Lipinski definition) is 1. The van der Waals surface area contributed by atoms with E-state index < -0.39 is 0 Å². The first-order valence-electron chi connectivity index (χ1n) is 8.79. The van der Waals surface area contributed by atoms with E-state index in [0.717, 1.165) is 5.92 Å². The number of piperazine rings is 1. The van der Waals surface area contributed by atoms with Crippen LogP contribution in [0.3, 0.4) is 0 Å². The second kappa shape index (κ2) is 7.77. The highest BCUT2D eigenvalue weighted by Gasteiger charge is 2.35. The van der Waals surface area contributed by atoms with Crippen molar-refractivity contribution < 1.29 is 0 Å². The van der Waals surface area contributed by atoms with Gasteiger partial charge < -0.3 is 15.1 Å². The normalized spacial score (nSPS) is 24.6. The summed E-state index contributed by atoms with van der Waals surface area (Å²) in [4.78, 5) is 5.31. The molecule has 0 aromatic carbocycles. The minimum Gasteiger partial charge on any atom is -0.316 e. The molecule has 0 bridgehead atoms. The second-order valence-corrected chi connectivity index (χ2v) is 7.44. The van der Waals surface area contributed by atoms with E-state index >= 15 is 0 Å². The van der Waals surface area contributed by atoms with Gasteiger partial charge in [-0.3, -0.25) is 0 Å². The molecule has 1 aliphatic heterocycles. The van der Waals surface area contributed by atoms with Gasteiger partial charge in [-0.25, -0.2) is 0 Å². The predicted octanol–water partition coefficient (Wildman–Crippen LogP) is 2.43. The molecular weight excluding hydrogens is 246 g/mol. The Hall–Kier alpha value is -0.120. The van der Waals surface area contributed by atoms with E-state index in [1.807, 2.05) is 0 Å². The number of nitrogens with zero attached hydrogens (tertiary/aromatic N) is 2. The van der Waals surface area contributed by atoms with Crippen LogP contribution in [0.4, 0.5) is 0 Å². The lowest BCUT2D eigenvalue weighted by atomic mass is 9.85. The van der Waals surface area contributed by atoms with Gasteiger partial charge in [-0.2, -0.15) is 0 Å². The monoisotopic (exact) mass is 281 g/mol. The van der Waals surface area contributed by atoms with Crippen molar-refractivity contribution in [2.75, 3.05) is 52.4 Å². The molecule has 1 aliphatic carbocycles. The quantitative estimate of drug-likeness (QED) is 0.773. The molecule has 0 aromatic heterocycles. The Bertz CT molecular complexity index is 263. The first-order valence-corrected chi connectivity index (χ1v) is 8.79. The smallest absolute Gasteiger partial charge is 0.0110 e. The van der Waals surface area contributed by atoms with E-state index in [4.69, 9.17) is 0 Å². The molecule has 3 nitrogen and oxygen atoms in total. The van der Waals surface area contributed by atoms with Gasteiger partial charge in [0.15, 0.2) is 0 Å². The fraction of sp³-hybridized carbons (Fsp3) is 1.00. The zero-order valence-corrected chi connectivity index (χ0v) is 14.0. The molecular formula is C17H35N3. The maximum Gasteiger partial charge on any atom is 0.0110 e. The summed E-state index contributed by atoms with van der Waals surface area (Å²) in [7, 11) is 0. The molecule has 0 spiro atoms. The molecule has 2 fully saturated rings. The summed E-state index contributed by atoms with van der Waals surface area (Å²) in [5, 5.41) is 3.74. The lowest BCUT2D eigenvalue weighted by molar-refractivity contribution is 0.0873. The third-order valence-corrected chi connectivity index (χ3v) is 5.19. The van der Waals surface area contributed by atoms with E-state index in [1.165, 1.54) is 78.0 Å². The number of nitrogens with one attached hydrogen (secondary N) is 1. The molecule has 2 rings (SSSR count). The Morgan fingerprint density at radius 2 is 1.60 bits per heavy atom. The lowest BCUT2D eigenvalue weighted by Crippen LogP contribution is -2.51. The molecule has 0 radical (unpaired) electrons. The SMILES string of the molecule is CCN1CCN(CC2(CNCC(C)C)CCCC2)CC1. The Balaban J connectivity index is 1.79. The van der Waals surface area contributed by atoms with Crippen LogP contribution >= 0.6 is 0 Å². The highest BCUT2D eigenvalue weighted by molar-refractivity contribution is 4.90. The van der Waals surface area contributed by atoms with E-state index in [2.05, 4.69) is 35.9 Å². The summed E-state index contributed by atoms with van der Waals surface area (Å²) in [6, 6.07) is 0. The van der Waals surface area contributed by atoms with Crippen LogP contribution in [0.2, 0.25) is 0 Å². The summed E-state index contributed by atoms with van der Waals surface area (Å²) >= 11 is 0. The van der Waals surface area contributed by atoms with Gasteiger partial charge in [0, 0.05) is 39.3 Å². The minimum absolute atomic E-state index is 0.573. The number of hydrogen-bond acceptors (Lipinski definition) is 3. The van der Waals surface area contributed by atoms with Crippen LogP contribution in [0.5, 0.6) is 0 Å². The van der Waals surface area contributed by atoms with Crippen molar-refractivity contribution in [1.29, 1.82) is 0 Å². The standard InChI is InChI=1S/C17H35N3/c1-4-19-9-11-20(12-10-19)15-17(7-5-6-8-17)14-18-13-16(2)3/h16,18H,4-15H2,1-3H3. The molecule has 1 saturated carbocycles. The Morgan fingerprint density at radius 3 is 2.15 bits per heavy atom. The van der Waals surface area contributed by atoms with Crippen LogP contribution in [0.25, 0.3) is 0 Å². The van der Waals surface area contributed by atoms with Gasteiger partial charge in [-0.05, 0) is 37.3 Å². The molecule has 0 unspecified atom stereocenters.